The zero-order valence-corrected chi connectivity index (χ0v) is 55.8. The molecule has 2 unspecified atom stereocenters. The molecule has 0 bridgehead atoms. The van der Waals surface area contributed by atoms with Gasteiger partial charge in [0, 0.05) is 96.7 Å². The first-order valence-corrected chi connectivity index (χ1v) is 32.0. The molecule has 0 saturated heterocycles. The largest absolute Gasteiger partial charge is 0.481 e. The number of allylic oxidation sites excluding steroid dienone is 8. The predicted octanol–water partition coefficient (Wildman–Crippen LogP) is 9.56. The number of ketones is 4. The second-order valence-electron chi connectivity index (χ2n) is 25.8. The fraction of sp³-hybridized carbons (Fsp3) is 0.706. The molecule has 92 heavy (non-hydrogen) atoms. The van der Waals surface area contributed by atoms with Crippen LogP contribution in [0, 0.1) is 57.2 Å². The van der Waals surface area contributed by atoms with Gasteiger partial charge in [-0.25, -0.2) is 8.78 Å². The lowest BCUT2D eigenvalue weighted by Gasteiger charge is -2.62. The number of aliphatic hydroxyl groups excluding tert-OH is 2. The maximum Gasteiger partial charge on any atom is 0.306 e. The molecule has 24 heteroatoms. The summed E-state index contributed by atoms with van der Waals surface area (Å²) in [7, 11) is 0. The number of esters is 4. The number of ether oxygens (including phenoxy) is 4. The van der Waals surface area contributed by atoms with Gasteiger partial charge in [-0.05, 0) is 101 Å². The van der Waals surface area contributed by atoms with E-state index in [1.807, 2.05) is 13.8 Å². The minimum absolute atomic E-state index is 0.0430. The molecule has 0 spiro atoms. The molecule has 0 aromatic rings. The monoisotopic (exact) mass is 1300 g/mol. The first-order valence-electron chi connectivity index (χ1n) is 32.0. The zero-order valence-electron chi connectivity index (χ0n) is 55.8. The highest BCUT2D eigenvalue weighted by atomic mass is 19.1. The summed E-state index contributed by atoms with van der Waals surface area (Å²) in [5, 5.41) is 54.0. The first-order chi connectivity index (χ1) is 42.7. The Morgan fingerprint density at radius 2 is 0.739 bits per heavy atom. The third-order valence-electron chi connectivity index (χ3n) is 20.8. The lowest BCUT2D eigenvalue weighted by Crippen LogP contribution is -2.70. The van der Waals surface area contributed by atoms with Crippen LogP contribution in [0.4, 0.5) is 8.78 Å². The number of carboxylic acid groups (broad SMARTS) is 4. The maximum absolute atomic E-state index is 17.4. The van der Waals surface area contributed by atoms with Crippen LogP contribution in [0.1, 0.15) is 200 Å². The van der Waals surface area contributed by atoms with Crippen molar-refractivity contribution in [2.24, 2.45) is 57.2 Å². The van der Waals surface area contributed by atoms with Gasteiger partial charge >= 0.3 is 47.8 Å². The van der Waals surface area contributed by atoms with E-state index in [-0.39, 0.29) is 87.6 Å². The van der Waals surface area contributed by atoms with Gasteiger partial charge < -0.3 is 49.6 Å². The van der Waals surface area contributed by atoms with Gasteiger partial charge in [0.2, 0.25) is 11.6 Å². The van der Waals surface area contributed by atoms with E-state index in [2.05, 4.69) is 0 Å². The van der Waals surface area contributed by atoms with Crippen LogP contribution < -0.4 is 0 Å². The molecule has 8 aliphatic rings. The number of rotatable bonds is 16. The van der Waals surface area contributed by atoms with E-state index in [0.29, 0.717) is 49.7 Å². The Bertz CT molecular complexity index is 2710. The Balaban J connectivity index is 0.000000371. The second kappa shape index (κ2) is 31.9. The van der Waals surface area contributed by atoms with E-state index in [9.17, 15) is 67.7 Å². The molecule has 8 rings (SSSR count). The Kier molecular flexibility index (Phi) is 27.5. The lowest BCUT2D eigenvalue weighted by atomic mass is 9.44. The highest BCUT2D eigenvalue weighted by Crippen LogP contribution is 2.73. The van der Waals surface area contributed by atoms with Gasteiger partial charge in [-0.15, -0.1) is 0 Å². The molecule has 0 radical (unpaired) electrons. The fourth-order valence-electron chi connectivity index (χ4n) is 16.0. The Labute approximate surface area is 537 Å². The topological polar surface area (TPSA) is 363 Å². The van der Waals surface area contributed by atoms with Crippen molar-refractivity contribution in [2.75, 3.05) is 13.2 Å². The molecule has 6 N–H and O–H groups in total. The quantitative estimate of drug-likeness (QED) is 0.0618. The number of alkyl halides is 2. The number of hydrogen-bond acceptors (Lipinski definition) is 18. The van der Waals surface area contributed by atoms with Crippen LogP contribution in [0.25, 0.3) is 0 Å². The molecule has 6 saturated carbocycles. The summed E-state index contributed by atoms with van der Waals surface area (Å²) in [5.41, 5.74) is -10.5. The number of carbonyl (C=O) groups is 12. The van der Waals surface area contributed by atoms with Crippen LogP contribution in [-0.2, 0) is 76.5 Å². The van der Waals surface area contributed by atoms with Gasteiger partial charge in [-0.3, -0.25) is 57.5 Å². The van der Waals surface area contributed by atoms with Gasteiger partial charge in [-0.2, -0.15) is 0 Å². The van der Waals surface area contributed by atoms with Gasteiger partial charge in [0.1, 0.15) is 0 Å². The summed E-state index contributed by atoms with van der Waals surface area (Å²) < 4.78 is 57.0. The summed E-state index contributed by atoms with van der Waals surface area (Å²) >= 11 is 0. The molecule has 16 atom stereocenters. The minimum atomic E-state index is -2.05. The number of halogens is 2. The van der Waals surface area contributed by atoms with Crippen molar-refractivity contribution in [3.05, 3.63) is 47.6 Å². The van der Waals surface area contributed by atoms with Crippen molar-refractivity contribution in [3.8, 4) is 0 Å². The average molecular weight is 1310 g/mol. The number of carbonyl (C=O) groups excluding carboxylic acids is 8. The molecule has 0 heterocycles. The van der Waals surface area contributed by atoms with Crippen LogP contribution in [0.2, 0.25) is 0 Å². The molecule has 6 fully saturated rings. The molecular formula is C68H98F2O22. The molecule has 0 aromatic heterocycles. The first kappa shape index (κ1) is 79.4. The van der Waals surface area contributed by atoms with E-state index >= 15 is 8.78 Å². The summed E-state index contributed by atoms with van der Waals surface area (Å²) in [6, 6.07) is 0. The Morgan fingerprint density at radius 3 is 0.989 bits per heavy atom. The molecule has 8 aliphatic carbocycles. The summed E-state index contributed by atoms with van der Waals surface area (Å²) in [5.74, 6) is -9.60. The molecule has 0 aromatic carbocycles. The number of aliphatic carboxylic acids is 4. The molecule has 22 nitrogen and oxygen atoms in total. The van der Waals surface area contributed by atoms with Gasteiger partial charge in [0.05, 0.1) is 12.2 Å². The van der Waals surface area contributed by atoms with Crippen molar-refractivity contribution < 1.29 is 116 Å². The molecular weight excluding hydrogens is 1210 g/mol. The highest BCUT2D eigenvalue weighted by molar-refractivity contribution is 6.02. The average Bonchev–Trinajstić information content (AvgIpc) is 1.36. The van der Waals surface area contributed by atoms with E-state index < -0.39 is 153 Å². The predicted molar refractivity (Wildman–Crippen MR) is 328 cm³/mol. The van der Waals surface area contributed by atoms with Crippen molar-refractivity contribution in [3.63, 3.8) is 0 Å². The summed E-state index contributed by atoms with van der Waals surface area (Å²) in [4.78, 5) is 138. The lowest BCUT2D eigenvalue weighted by molar-refractivity contribution is -0.228. The Hall–Kier alpha value is -6.82. The smallest absolute Gasteiger partial charge is 0.306 e. The van der Waals surface area contributed by atoms with Crippen LogP contribution >= 0.6 is 0 Å². The van der Waals surface area contributed by atoms with Crippen molar-refractivity contribution in [2.45, 2.75) is 234 Å². The minimum Gasteiger partial charge on any atom is -0.481 e. The maximum atomic E-state index is 17.4. The number of Topliss-reactive ketones (excluding diaryl/α,β-unsaturated/α-hetero) is 2. The number of carboxylic acids is 4. The van der Waals surface area contributed by atoms with Crippen LogP contribution in [-0.4, -0.2) is 149 Å². The summed E-state index contributed by atoms with van der Waals surface area (Å²) in [6.45, 7) is 22.5. The second-order valence-corrected chi connectivity index (χ2v) is 25.8. The number of aliphatic hydroxyl groups is 2. The van der Waals surface area contributed by atoms with E-state index in [0.717, 1.165) is 0 Å². The SMILES string of the molecule is CCC(=O)O.CCC(=O)O.CCC(=O)O.CCC(=O)O.CCC(=O)OCC(=O)[C@@]1(OC(=O)CC)[C@@H](C)C[C@H]2[C@@H]3CCC4=CC(=O)C=C[C@]4(C)C3(F)[C@@H](O)C[C@@]21C.CCC(=O)OCC(=O)[C@@]1(OC(=O)CC)[C@@H](C)C[C@H]2[C@@H]3CCC4=CC(=O)C=C[C@]4(C)C3(F)[C@@H](O)C[C@@]21C. The van der Waals surface area contributed by atoms with Crippen molar-refractivity contribution in [1.82, 2.24) is 0 Å². The molecule has 0 aliphatic heterocycles. The van der Waals surface area contributed by atoms with E-state index in [1.165, 1.54) is 24.3 Å². The number of fused-ring (bicyclic) bond motifs is 10. The third kappa shape index (κ3) is 15.1. The van der Waals surface area contributed by atoms with Crippen LogP contribution in [0.5, 0.6) is 0 Å². The van der Waals surface area contributed by atoms with Gasteiger partial charge in [0.15, 0.2) is 47.3 Å². The highest BCUT2D eigenvalue weighted by Gasteiger charge is 2.79. The normalized spacial score (nSPS) is 35.3. The van der Waals surface area contributed by atoms with Crippen molar-refractivity contribution >= 4 is 70.9 Å². The zero-order chi connectivity index (χ0) is 70.5. The van der Waals surface area contributed by atoms with E-state index in [4.69, 9.17) is 39.4 Å². The van der Waals surface area contributed by atoms with Crippen LogP contribution in [0.15, 0.2) is 47.6 Å². The fourth-order valence-corrected chi connectivity index (χ4v) is 16.0. The number of hydrogen-bond donors (Lipinski definition) is 6. The van der Waals surface area contributed by atoms with Crippen LogP contribution in [0.3, 0.4) is 0 Å². The molecule has 0 amide bonds. The van der Waals surface area contributed by atoms with Gasteiger partial charge in [0.25, 0.3) is 0 Å². The third-order valence-corrected chi connectivity index (χ3v) is 20.8. The van der Waals surface area contributed by atoms with E-state index in [1.54, 1.807) is 95.2 Å². The van der Waals surface area contributed by atoms with Crippen molar-refractivity contribution in [1.29, 1.82) is 0 Å². The Morgan fingerprint density at radius 1 is 0.467 bits per heavy atom. The van der Waals surface area contributed by atoms with Gasteiger partial charge in [-0.1, -0.05) is 106 Å². The summed E-state index contributed by atoms with van der Waals surface area (Å²) in [6.07, 6.45) is 9.52. The molecule has 516 valence electrons. The standard InChI is InChI=1S/2C28H37FO7.4C3H6O2/c2*1-6-23(33)35-15-22(32)28(36-24(34)7-2)16(3)12-20-19-9-8-17-13-18(30)10-11-25(17,4)27(19,29)21(31)14-26(20,28)5;4*1-2-3(4)5/h2*10-11,13,16,19-21,31H,6-9,12,14-15H2,1-5H3;4*2H2,1H3,(H,4,5)/t2*16-,19-,20-,21-,25-,26-,27?,28-;;;;/m00..../s1.